The molecule has 17 heavy (non-hydrogen) atoms. The number of sulfonamides is 1. The van der Waals surface area contributed by atoms with E-state index in [1.165, 1.54) is 6.07 Å². The van der Waals surface area contributed by atoms with Gasteiger partial charge in [0.05, 0.1) is 16.5 Å². The van der Waals surface area contributed by atoms with E-state index >= 15 is 0 Å². The molecule has 0 amide bonds. The van der Waals surface area contributed by atoms with Crippen molar-refractivity contribution in [3.05, 3.63) is 29.0 Å². The van der Waals surface area contributed by atoms with Crippen LogP contribution in [0.15, 0.2) is 18.2 Å². The van der Waals surface area contributed by atoms with Crippen LogP contribution in [0.2, 0.25) is 5.02 Å². The molecular weight excluding hydrogens is 267 g/mol. The largest absolute Gasteiger partial charge is 0.316 e. The van der Waals surface area contributed by atoms with Crippen LogP contribution in [0.1, 0.15) is 6.92 Å². The fourth-order valence-electron chi connectivity index (χ4n) is 1.17. The zero-order chi connectivity index (χ0) is 12.9. The molecule has 0 heterocycles. The summed E-state index contributed by atoms with van der Waals surface area (Å²) in [5.74, 6) is -0.570. The van der Waals surface area contributed by atoms with Gasteiger partial charge in [-0.1, -0.05) is 18.5 Å². The average Bonchev–Trinajstić information content (AvgIpc) is 2.22. The van der Waals surface area contributed by atoms with E-state index in [0.29, 0.717) is 13.1 Å². The number of benzene rings is 1. The Labute approximate surface area is 105 Å². The van der Waals surface area contributed by atoms with Crippen LogP contribution in [-0.4, -0.2) is 27.3 Å². The first-order chi connectivity index (χ1) is 7.94. The van der Waals surface area contributed by atoms with E-state index in [9.17, 15) is 12.8 Å². The monoisotopic (exact) mass is 280 g/mol. The fourth-order valence-corrected chi connectivity index (χ4v) is 2.47. The highest BCUT2D eigenvalue weighted by Gasteiger charge is 2.12. The van der Waals surface area contributed by atoms with Crippen LogP contribution in [-0.2, 0) is 10.0 Å². The normalized spacial score (nSPS) is 11.5. The highest BCUT2D eigenvalue weighted by atomic mass is 35.5. The molecule has 0 unspecified atom stereocenters. The fraction of sp³-hybridized carbons (Fsp3) is 0.400. The molecule has 0 saturated carbocycles. The lowest BCUT2D eigenvalue weighted by Gasteiger charge is -2.09. The topological polar surface area (TPSA) is 58.2 Å². The Morgan fingerprint density at radius 3 is 2.71 bits per heavy atom. The molecule has 0 bridgehead atoms. The van der Waals surface area contributed by atoms with E-state index in [4.69, 9.17) is 11.6 Å². The van der Waals surface area contributed by atoms with Crippen molar-refractivity contribution in [2.24, 2.45) is 0 Å². The SMILES string of the molecule is CCNCCS(=O)(=O)Nc1ccc(F)cc1Cl. The molecule has 96 valence electrons. The van der Waals surface area contributed by atoms with Crippen LogP contribution in [0.3, 0.4) is 0 Å². The molecule has 1 rings (SSSR count). The molecule has 2 N–H and O–H groups in total. The van der Waals surface area contributed by atoms with E-state index in [0.717, 1.165) is 12.1 Å². The molecule has 0 saturated heterocycles. The molecule has 0 fully saturated rings. The molecule has 0 radical (unpaired) electrons. The van der Waals surface area contributed by atoms with Crippen molar-refractivity contribution in [2.45, 2.75) is 6.92 Å². The summed E-state index contributed by atoms with van der Waals surface area (Å²) in [6.07, 6.45) is 0. The predicted molar refractivity (Wildman–Crippen MR) is 67.4 cm³/mol. The zero-order valence-corrected chi connectivity index (χ0v) is 10.9. The van der Waals surface area contributed by atoms with Crippen LogP contribution in [0.5, 0.6) is 0 Å². The minimum atomic E-state index is -3.46. The molecule has 4 nitrogen and oxygen atoms in total. The number of hydrogen-bond acceptors (Lipinski definition) is 3. The molecule has 0 aliphatic rings. The van der Waals surface area contributed by atoms with Crippen LogP contribution in [0.4, 0.5) is 10.1 Å². The molecule has 0 spiro atoms. The van der Waals surface area contributed by atoms with Crippen LogP contribution in [0.25, 0.3) is 0 Å². The average molecular weight is 281 g/mol. The Morgan fingerprint density at radius 2 is 2.12 bits per heavy atom. The molecule has 7 heteroatoms. The number of hydrogen-bond donors (Lipinski definition) is 2. The lowest BCUT2D eigenvalue weighted by Crippen LogP contribution is -2.26. The summed E-state index contributed by atoms with van der Waals surface area (Å²) >= 11 is 5.71. The van der Waals surface area contributed by atoms with Crippen molar-refractivity contribution in [3.63, 3.8) is 0 Å². The summed E-state index contributed by atoms with van der Waals surface area (Å²) in [7, 11) is -3.46. The van der Waals surface area contributed by atoms with Gasteiger partial charge in [-0.25, -0.2) is 12.8 Å². The molecular formula is C10H14ClFN2O2S. The van der Waals surface area contributed by atoms with Gasteiger partial charge >= 0.3 is 0 Å². The van der Waals surface area contributed by atoms with Crippen molar-refractivity contribution in [2.75, 3.05) is 23.6 Å². The Hall–Kier alpha value is -0.850. The zero-order valence-electron chi connectivity index (χ0n) is 9.33. The first-order valence-electron chi connectivity index (χ1n) is 5.11. The summed E-state index contributed by atoms with van der Waals surface area (Å²) in [5, 5.41) is 2.94. The van der Waals surface area contributed by atoms with Crippen molar-refractivity contribution in [3.8, 4) is 0 Å². The van der Waals surface area contributed by atoms with Crippen molar-refractivity contribution >= 4 is 27.3 Å². The van der Waals surface area contributed by atoms with Gasteiger partial charge in [-0.3, -0.25) is 4.72 Å². The van der Waals surface area contributed by atoms with E-state index in [-0.39, 0.29) is 16.5 Å². The van der Waals surface area contributed by atoms with Gasteiger partial charge < -0.3 is 5.32 Å². The summed E-state index contributed by atoms with van der Waals surface area (Å²) in [5.41, 5.74) is 0.185. The molecule has 0 aliphatic heterocycles. The summed E-state index contributed by atoms with van der Waals surface area (Å²) in [6.45, 7) is 2.94. The van der Waals surface area contributed by atoms with Crippen LogP contribution < -0.4 is 10.0 Å². The second-order valence-corrected chi connectivity index (χ2v) is 5.65. The van der Waals surface area contributed by atoms with Gasteiger partial charge in [-0.05, 0) is 24.7 Å². The van der Waals surface area contributed by atoms with Gasteiger partial charge in [-0.15, -0.1) is 0 Å². The third-order valence-electron chi connectivity index (χ3n) is 1.99. The minimum absolute atomic E-state index is 0.0389. The first-order valence-corrected chi connectivity index (χ1v) is 7.14. The van der Waals surface area contributed by atoms with E-state index in [2.05, 4.69) is 10.0 Å². The van der Waals surface area contributed by atoms with Crippen LogP contribution >= 0.6 is 11.6 Å². The van der Waals surface area contributed by atoms with Crippen molar-refractivity contribution < 1.29 is 12.8 Å². The number of anilines is 1. The van der Waals surface area contributed by atoms with Crippen molar-refractivity contribution in [1.82, 2.24) is 5.32 Å². The molecule has 1 aromatic rings. The Morgan fingerprint density at radius 1 is 1.41 bits per heavy atom. The molecule has 0 atom stereocenters. The Kier molecular flexibility index (Phi) is 5.17. The van der Waals surface area contributed by atoms with Crippen molar-refractivity contribution in [1.29, 1.82) is 0 Å². The Bertz CT molecular complexity index is 479. The lowest BCUT2D eigenvalue weighted by atomic mass is 10.3. The second-order valence-electron chi connectivity index (χ2n) is 3.40. The second kappa shape index (κ2) is 6.18. The Balaban J connectivity index is 2.69. The van der Waals surface area contributed by atoms with Gasteiger partial charge in [-0.2, -0.15) is 0 Å². The molecule has 0 aromatic heterocycles. The maximum Gasteiger partial charge on any atom is 0.234 e. The smallest absolute Gasteiger partial charge is 0.234 e. The first kappa shape index (κ1) is 14.2. The van der Waals surface area contributed by atoms with Crippen LogP contribution in [0, 0.1) is 5.82 Å². The third kappa shape index (κ3) is 4.89. The van der Waals surface area contributed by atoms with Gasteiger partial charge in [0.15, 0.2) is 0 Å². The number of rotatable bonds is 6. The number of nitrogens with one attached hydrogen (secondary N) is 2. The molecule has 1 aromatic carbocycles. The van der Waals surface area contributed by atoms with Gasteiger partial charge in [0, 0.05) is 6.54 Å². The maximum absolute atomic E-state index is 12.8. The highest BCUT2D eigenvalue weighted by Crippen LogP contribution is 2.23. The summed E-state index contributed by atoms with van der Waals surface area (Å²) in [4.78, 5) is 0. The lowest BCUT2D eigenvalue weighted by molar-refractivity contribution is 0.597. The maximum atomic E-state index is 12.8. The number of halogens is 2. The minimum Gasteiger partial charge on any atom is -0.316 e. The third-order valence-corrected chi connectivity index (χ3v) is 3.58. The standard InChI is InChI=1S/C10H14ClFN2O2S/c1-2-13-5-6-17(15,16)14-10-4-3-8(12)7-9(10)11/h3-4,7,13-14H,2,5-6H2,1H3. The van der Waals surface area contributed by atoms with E-state index in [1.54, 1.807) is 0 Å². The molecule has 0 aliphatic carbocycles. The van der Waals surface area contributed by atoms with E-state index in [1.807, 2.05) is 6.92 Å². The van der Waals surface area contributed by atoms with Gasteiger partial charge in [0.25, 0.3) is 0 Å². The van der Waals surface area contributed by atoms with Gasteiger partial charge in [0.1, 0.15) is 5.82 Å². The van der Waals surface area contributed by atoms with E-state index < -0.39 is 15.8 Å². The quantitative estimate of drug-likeness (QED) is 0.782. The highest BCUT2D eigenvalue weighted by molar-refractivity contribution is 7.92. The van der Waals surface area contributed by atoms with Gasteiger partial charge in [0.2, 0.25) is 10.0 Å². The summed E-state index contributed by atoms with van der Waals surface area (Å²) < 4.78 is 38.3. The summed E-state index contributed by atoms with van der Waals surface area (Å²) in [6, 6.07) is 3.50. The predicted octanol–water partition coefficient (Wildman–Crippen LogP) is 1.83.